The van der Waals surface area contributed by atoms with Crippen LogP contribution in [0.3, 0.4) is 0 Å². The zero-order valence-corrected chi connectivity index (χ0v) is 12.6. The molecule has 0 spiro atoms. The molecule has 1 aromatic rings. The molecule has 1 aromatic carbocycles. The minimum atomic E-state index is -0.565. The maximum Gasteiger partial charge on any atom is 0.330 e. The molecule has 1 aliphatic rings. The number of halogens is 1. The van der Waals surface area contributed by atoms with E-state index in [1.54, 1.807) is 18.2 Å². The zero-order chi connectivity index (χ0) is 15.9. The molecule has 7 heteroatoms. The largest absolute Gasteiger partial charge is 0.489 e. The van der Waals surface area contributed by atoms with Crippen LogP contribution in [0.2, 0.25) is 5.02 Å². The highest BCUT2D eigenvalue weighted by Gasteiger charge is 2.14. The van der Waals surface area contributed by atoms with Gasteiger partial charge >= 0.3 is 5.97 Å². The predicted molar refractivity (Wildman–Crippen MR) is 80.9 cm³/mol. The van der Waals surface area contributed by atoms with E-state index in [0.717, 1.165) is 6.42 Å². The van der Waals surface area contributed by atoms with Gasteiger partial charge in [-0.2, -0.15) is 0 Å². The molecule has 0 unspecified atom stereocenters. The van der Waals surface area contributed by atoms with Crippen molar-refractivity contribution in [3.8, 4) is 11.5 Å². The number of fused-ring (bicyclic) bond motifs is 1. The first-order chi connectivity index (χ1) is 10.6. The van der Waals surface area contributed by atoms with Gasteiger partial charge in [0.05, 0.1) is 24.7 Å². The first-order valence-corrected chi connectivity index (χ1v) is 7.16. The van der Waals surface area contributed by atoms with Crippen LogP contribution in [0.4, 0.5) is 0 Å². The van der Waals surface area contributed by atoms with Gasteiger partial charge in [-0.3, -0.25) is 4.79 Å². The van der Waals surface area contributed by atoms with Crippen LogP contribution in [0.1, 0.15) is 18.4 Å². The topological polar surface area (TPSA) is 87.9 Å². The number of amides is 1. The van der Waals surface area contributed by atoms with Crippen molar-refractivity contribution in [2.45, 2.75) is 12.8 Å². The van der Waals surface area contributed by atoms with Gasteiger partial charge in [-0.15, -0.1) is 0 Å². The minimum Gasteiger partial charge on any atom is -0.489 e. The Morgan fingerprint density at radius 1 is 1.32 bits per heavy atom. The van der Waals surface area contributed by atoms with Crippen LogP contribution in [-0.2, 0) is 14.3 Å². The van der Waals surface area contributed by atoms with E-state index in [0.29, 0.717) is 35.3 Å². The average molecular weight is 326 g/mol. The molecule has 0 fully saturated rings. The third kappa shape index (κ3) is 4.66. The van der Waals surface area contributed by atoms with E-state index >= 15 is 0 Å². The van der Waals surface area contributed by atoms with Gasteiger partial charge in [-0.25, -0.2) is 4.79 Å². The summed E-state index contributed by atoms with van der Waals surface area (Å²) >= 11 is 6.15. The van der Waals surface area contributed by atoms with E-state index in [1.807, 2.05) is 0 Å². The van der Waals surface area contributed by atoms with Crippen molar-refractivity contribution in [3.05, 3.63) is 28.8 Å². The first kappa shape index (κ1) is 16.2. The number of carbonyl (C=O) groups is 2. The molecule has 2 rings (SSSR count). The maximum atomic E-state index is 11.5. The fourth-order valence-electron chi connectivity index (χ4n) is 1.81. The number of primary amides is 1. The van der Waals surface area contributed by atoms with Crippen LogP contribution < -0.4 is 15.2 Å². The Hall–Kier alpha value is -2.21. The van der Waals surface area contributed by atoms with E-state index in [1.165, 1.54) is 6.08 Å². The number of benzene rings is 1. The third-order valence-corrected chi connectivity index (χ3v) is 3.11. The second-order valence-electron chi connectivity index (χ2n) is 4.60. The van der Waals surface area contributed by atoms with Crippen LogP contribution in [0.25, 0.3) is 6.08 Å². The van der Waals surface area contributed by atoms with Crippen molar-refractivity contribution in [2.75, 3.05) is 19.8 Å². The Balaban J connectivity index is 2.02. The summed E-state index contributed by atoms with van der Waals surface area (Å²) < 4.78 is 15.9. The number of nitrogens with two attached hydrogens (primary N) is 1. The van der Waals surface area contributed by atoms with Gasteiger partial charge in [-0.05, 0) is 23.8 Å². The molecule has 1 amide bonds. The minimum absolute atomic E-state index is 0.00453. The van der Waals surface area contributed by atoms with E-state index in [-0.39, 0.29) is 13.0 Å². The molecular weight excluding hydrogens is 310 g/mol. The molecule has 0 aliphatic carbocycles. The normalized spacial score (nSPS) is 13.7. The second-order valence-corrected chi connectivity index (χ2v) is 5.00. The summed E-state index contributed by atoms with van der Waals surface area (Å²) in [7, 11) is 0. The molecule has 6 nitrogen and oxygen atoms in total. The summed E-state index contributed by atoms with van der Waals surface area (Å²) in [6.45, 7) is 1.06. The van der Waals surface area contributed by atoms with E-state index < -0.39 is 11.9 Å². The van der Waals surface area contributed by atoms with Crippen molar-refractivity contribution < 1.29 is 23.8 Å². The van der Waals surface area contributed by atoms with Gasteiger partial charge in [0.1, 0.15) is 6.61 Å². The molecular formula is C15H16ClNO5. The van der Waals surface area contributed by atoms with Crippen molar-refractivity contribution in [1.82, 2.24) is 0 Å². The molecule has 0 bridgehead atoms. The first-order valence-electron chi connectivity index (χ1n) is 6.78. The van der Waals surface area contributed by atoms with Crippen molar-refractivity contribution >= 4 is 29.6 Å². The monoisotopic (exact) mass is 325 g/mol. The number of hydrogen-bond donors (Lipinski definition) is 1. The summed E-state index contributed by atoms with van der Waals surface area (Å²) in [6.07, 6.45) is 3.57. The number of carbonyl (C=O) groups excluding carboxylic acids is 2. The number of esters is 1. The fourth-order valence-corrected chi connectivity index (χ4v) is 2.09. The highest BCUT2D eigenvalue weighted by atomic mass is 35.5. The van der Waals surface area contributed by atoms with Gasteiger partial charge in [0.2, 0.25) is 5.91 Å². The maximum absolute atomic E-state index is 11.5. The fraction of sp³-hybridized carbons (Fsp3) is 0.333. The second kappa shape index (κ2) is 7.70. The van der Waals surface area contributed by atoms with E-state index in [4.69, 9.17) is 31.5 Å². The zero-order valence-electron chi connectivity index (χ0n) is 11.8. The predicted octanol–water partition coefficient (Wildman–Crippen LogP) is 1.93. The highest BCUT2D eigenvalue weighted by molar-refractivity contribution is 6.32. The number of rotatable bonds is 5. The summed E-state index contributed by atoms with van der Waals surface area (Å²) in [5.41, 5.74) is 5.63. The van der Waals surface area contributed by atoms with E-state index in [2.05, 4.69) is 0 Å². The Morgan fingerprint density at radius 2 is 2.09 bits per heavy atom. The standard InChI is InChI=1S/C15H16ClNO5/c16-11-8-10(2-3-14(19)21-7-4-13(17)18)9-12-15(11)22-6-1-5-20-12/h2-3,8-9H,1,4-7H2,(H2,17,18)/b3-2+. The lowest BCUT2D eigenvalue weighted by Crippen LogP contribution is -2.14. The smallest absolute Gasteiger partial charge is 0.330 e. The third-order valence-electron chi connectivity index (χ3n) is 2.83. The summed E-state index contributed by atoms with van der Waals surface area (Å²) in [5.74, 6) is -0.0250. The molecule has 0 aromatic heterocycles. The van der Waals surface area contributed by atoms with Crippen LogP contribution in [0.5, 0.6) is 11.5 Å². The van der Waals surface area contributed by atoms with Crippen LogP contribution in [0.15, 0.2) is 18.2 Å². The lowest BCUT2D eigenvalue weighted by molar-refractivity contribution is -0.138. The van der Waals surface area contributed by atoms with Gasteiger partial charge in [-0.1, -0.05) is 11.6 Å². The highest BCUT2D eigenvalue weighted by Crippen LogP contribution is 2.38. The lowest BCUT2D eigenvalue weighted by Gasteiger charge is -2.09. The summed E-state index contributed by atoms with van der Waals surface area (Å²) in [5, 5.41) is 0.418. The lowest BCUT2D eigenvalue weighted by atomic mass is 10.2. The summed E-state index contributed by atoms with van der Waals surface area (Å²) in [4.78, 5) is 22.0. The molecule has 1 heterocycles. The molecule has 0 atom stereocenters. The molecule has 0 saturated heterocycles. The Bertz CT molecular complexity index is 600. The molecule has 22 heavy (non-hydrogen) atoms. The Morgan fingerprint density at radius 3 is 2.86 bits per heavy atom. The van der Waals surface area contributed by atoms with Gasteiger partial charge < -0.3 is 19.9 Å². The average Bonchev–Trinajstić information content (AvgIpc) is 2.70. The van der Waals surface area contributed by atoms with Gasteiger partial charge in [0.25, 0.3) is 0 Å². The van der Waals surface area contributed by atoms with Crippen LogP contribution >= 0.6 is 11.6 Å². The van der Waals surface area contributed by atoms with Crippen LogP contribution in [-0.4, -0.2) is 31.7 Å². The van der Waals surface area contributed by atoms with Gasteiger partial charge in [0.15, 0.2) is 11.5 Å². The molecule has 2 N–H and O–H groups in total. The van der Waals surface area contributed by atoms with Crippen LogP contribution in [0, 0.1) is 0 Å². The van der Waals surface area contributed by atoms with Gasteiger partial charge in [0, 0.05) is 12.5 Å². The Kier molecular flexibility index (Phi) is 5.66. The van der Waals surface area contributed by atoms with E-state index in [9.17, 15) is 9.59 Å². The summed E-state index contributed by atoms with van der Waals surface area (Å²) in [6, 6.07) is 3.40. The SMILES string of the molecule is NC(=O)CCOC(=O)/C=C/c1cc(Cl)c2c(c1)OCCCO2. The molecule has 1 aliphatic heterocycles. The molecule has 0 saturated carbocycles. The van der Waals surface area contributed by atoms with Crippen molar-refractivity contribution in [3.63, 3.8) is 0 Å². The quantitative estimate of drug-likeness (QED) is 0.660. The van der Waals surface area contributed by atoms with Crippen molar-refractivity contribution in [1.29, 1.82) is 0 Å². The number of hydrogen-bond acceptors (Lipinski definition) is 5. The molecule has 118 valence electrons. The van der Waals surface area contributed by atoms with Crippen molar-refractivity contribution in [2.24, 2.45) is 5.73 Å². The molecule has 0 radical (unpaired) electrons. The Labute approximate surface area is 132 Å². The number of ether oxygens (including phenoxy) is 3.